The van der Waals surface area contributed by atoms with Crippen LogP contribution >= 0.6 is 15.9 Å². The number of hydrogen-bond acceptors (Lipinski definition) is 1. The number of benzene rings is 4. The Morgan fingerprint density at radius 3 is 1.31 bits per heavy atom. The van der Waals surface area contributed by atoms with Crippen LogP contribution in [0.4, 0.5) is 0 Å². The lowest BCUT2D eigenvalue weighted by Crippen LogP contribution is -1.97. The smallest absolute Gasteiger partial charge is 0.118 e. The van der Waals surface area contributed by atoms with Crippen molar-refractivity contribution < 1.29 is 4.74 Å². The molecule has 0 aromatic heterocycles. The fraction of sp³-hybridized carbons (Fsp3) is 0.0370. The molecule has 0 spiro atoms. The van der Waals surface area contributed by atoms with E-state index in [0.29, 0.717) is 0 Å². The maximum Gasteiger partial charge on any atom is 0.118 e. The third-order valence-electron chi connectivity index (χ3n) is 4.89. The van der Waals surface area contributed by atoms with Crippen LogP contribution in [0, 0.1) is 0 Å². The maximum absolute atomic E-state index is 5.38. The summed E-state index contributed by atoms with van der Waals surface area (Å²) < 4.78 is 6.45. The molecule has 1 nitrogen and oxygen atoms in total. The van der Waals surface area contributed by atoms with E-state index in [9.17, 15) is 0 Å². The van der Waals surface area contributed by atoms with E-state index in [2.05, 4.69) is 113 Å². The van der Waals surface area contributed by atoms with Crippen LogP contribution < -0.4 is 4.74 Å². The van der Waals surface area contributed by atoms with Crippen molar-refractivity contribution in [2.24, 2.45) is 0 Å². The molecule has 0 radical (unpaired) electrons. The van der Waals surface area contributed by atoms with Crippen LogP contribution in [0.15, 0.2) is 114 Å². The lowest BCUT2D eigenvalue weighted by atomic mass is 9.86. The van der Waals surface area contributed by atoms with Gasteiger partial charge in [-0.25, -0.2) is 0 Å². The highest BCUT2D eigenvalue weighted by atomic mass is 79.9. The van der Waals surface area contributed by atoms with Crippen molar-refractivity contribution in [2.45, 2.75) is 0 Å². The molecule has 0 fully saturated rings. The Labute approximate surface area is 180 Å². The first-order valence-corrected chi connectivity index (χ1v) is 10.3. The highest BCUT2D eigenvalue weighted by Crippen LogP contribution is 2.37. The summed E-state index contributed by atoms with van der Waals surface area (Å²) in [5.41, 5.74) is 7.09. The van der Waals surface area contributed by atoms with E-state index in [1.165, 1.54) is 27.8 Å². The molecule has 0 saturated heterocycles. The molecule has 4 aromatic carbocycles. The lowest BCUT2D eigenvalue weighted by Gasteiger charge is -2.18. The van der Waals surface area contributed by atoms with E-state index in [1.54, 1.807) is 7.11 Å². The van der Waals surface area contributed by atoms with Crippen LogP contribution in [0.5, 0.6) is 5.75 Å². The predicted octanol–water partition coefficient (Wildman–Crippen LogP) is 7.47. The SMILES string of the molecule is COc1ccc(/C(=C(\c2ccccc2)c2ccc(Br)cc2)c2ccccc2)cc1. The average molecular weight is 441 g/mol. The molecular weight excluding hydrogens is 420 g/mol. The maximum atomic E-state index is 5.38. The molecule has 0 unspecified atom stereocenters. The molecule has 0 aliphatic heterocycles. The summed E-state index contributed by atoms with van der Waals surface area (Å²) in [6.07, 6.45) is 0. The lowest BCUT2D eigenvalue weighted by molar-refractivity contribution is 0.415. The molecule has 0 bridgehead atoms. The summed E-state index contributed by atoms with van der Waals surface area (Å²) in [6, 6.07) is 37.9. The zero-order valence-electron chi connectivity index (χ0n) is 16.2. The van der Waals surface area contributed by atoms with Crippen molar-refractivity contribution in [1.29, 1.82) is 0 Å². The van der Waals surface area contributed by atoms with Gasteiger partial charge in [-0.05, 0) is 57.7 Å². The minimum atomic E-state index is 0.853. The Kier molecular flexibility index (Phi) is 5.92. The van der Waals surface area contributed by atoms with Crippen molar-refractivity contribution in [1.82, 2.24) is 0 Å². The van der Waals surface area contributed by atoms with E-state index in [-0.39, 0.29) is 0 Å². The number of ether oxygens (including phenoxy) is 1. The average Bonchev–Trinajstić information content (AvgIpc) is 2.79. The largest absolute Gasteiger partial charge is 0.497 e. The summed E-state index contributed by atoms with van der Waals surface area (Å²) in [4.78, 5) is 0. The van der Waals surface area contributed by atoms with Gasteiger partial charge in [0.15, 0.2) is 0 Å². The molecule has 4 rings (SSSR count). The van der Waals surface area contributed by atoms with Crippen LogP contribution in [0.3, 0.4) is 0 Å². The van der Waals surface area contributed by atoms with Gasteiger partial charge in [-0.1, -0.05) is 101 Å². The summed E-state index contributed by atoms with van der Waals surface area (Å²) in [5.74, 6) is 0.853. The highest BCUT2D eigenvalue weighted by molar-refractivity contribution is 9.10. The van der Waals surface area contributed by atoms with Gasteiger partial charge < -0.3 is 4.74 Å². The molecule has 0 atom stereocenters. The first-order valence-electron chi connectivity index (χ1n) is 9.52. The van der Waals surface area contributed by atoms with Crippen LogP contribution in [-0.2, 0) is 0 Å². The number of hydrogen-bond donors (Lipinski definition) is 0. The quantitative estimate of drug-likeness (QED) is 0.292. The number of methoxy groups -OCH3 is 1. The molecule has 0 aliphatic rings. The van der Waals surface area contributed by atoms with Gasteiger partial charge in [-0.15, -0.1) is 0 Å². The van der Waals surface area contributed by atoms with Gasteiger partial charge in [-0.3, -0.25) is 0 Å². The zero-order chi connectivity index (χ0) is 20.1. The van der Waals surface area contributed by atoms with Crippen molar-refractivity contribution in [3.8, 4) is 5.75 Å². The normalized spacial score (nSPS) is 11.7. The van der Waals surface area contributed by atoms with Crippen molar-refractivity contribution in [3.63, 3.8) is 0 Å². The minimum Gasteiger partial charge on any atom is -0.497 e. The van der Waals surface area contributed by atoms with E-state index >= 15 is 0 Å². The first-order chi connectivity index (χ1) is 14.3. The monoisotopic (exact) mass is 440 g/mol. The van der Waals surface area contributed by atoms with Gasteiger partial charge in [0.25, 0.3) is 0 Å². The van der Waals surface area contributed by atoms with Gasteiger partial charge in [0.2, 0.25) is 0 Å². The van der Waals surface area contributed by atoms with Gasteiger partial charge >= 0.3 is 0 Å². The minimum absolute atomic E-state index is 0.853. The van der Waals surface area contributed by atoms with Crippen LogP contribution in [0.2, 0.25) is 0 Å². The summed E-state index contributed by atoms with van der Waals surface area (Å²) in [7, 11) is 1.69. The van der Waals surface area contributed by atoms with E-state index in [1.807, 2.05) is 12.1 Å². The fourth-order valence-electron chi connectivity index (χ4n) is 3.49. The second-order valence-corrected chi connectivity index (χ2v) is 7.63. The fourth-order valence-corrected chi connectivity index (χ4v) is 3.76. The third kappa shape index (κ3) is 4.33. The second kappa shape index (κ2) is 8.93. The Morgan fingerprint density at radius 2 is 0.897 bits per heavy atom. The number of halogens is 1. The molecule has 142 valence electrons. The van der Waals surface area contributed by atoms with Crippen molar-refractivity contribution >= 4 is 27.1 Å². The molecule has 0 aliphatic carbocycles. The highest BCUT2D eigenvalue weighted by Gasteiger charge is 2.16. The molecular formula is C27H21BrO. The molecule has 0 heterocycles. The Morgan fingerprint density at radius 1 is 0.517 bits per heavy atom. The molecule has 29 heavy (non-hydrogen) atoms. The number of rotatable bonds is 5. The topological polar surface area (TPSA) is 9.23 Å². The van der Waals surface area contributed by atoms with Gasteiger partial charge in [0.05, 0.1) is 7.11 Å². The second-order valence-electron chi connectivity index (χ2n) is 6.72. The van der Waals surface area contributed by atoms with Gasteiger partial charge in [0.1, 0.15) is 5.75 Å². The predicted molar refractivity (Wildman–Crippen MR) is 125 cm³/mol. The molecule has 4 aromatic rings. The van der Waals surface area contributed by atoms with Crippen LogP contribution in [0.1, 0.15) is 22.3 Å². The Balaban J connectivity index is 2.05. The zero-order valence-corrected chi connectivity index (χ0v) is 17.8. The summed E-state index contributed by atoms with van der Waals surface area (Å²) in [5, 5.41) is 0. The molecule has 0 N–H and O–H groups in total. The van der Waals surface area contributed by atoms with Gasteiger partial charge in [-0.2, -0.15) is 0 Å². The van der Waals surface area contributed by atoms with Crippen molar-refractivity contribution in [2.75, 3.05) is 7.11 Å². The molecule has 0 saturated carbocycles. The van der Waals surface area contributed by atoms with Crippen molar-refractivity contribution in [3.05, 3.63) is 136 Å². The van der Waals surface area contributed by atoms with Crippen LogP contribution in [0.25, 0.3) is 11.1 Å². The van der Waals surface area contributed by atoms with E-state index < -0.39 is 0 Å². The first kappa shape index (κ1) is 19.2. The van der Waals surface area contributed by atoms with E-state index in [4.69, 9.17) is 4.74 Å². The Hall–Kier alpha value is -3.10. The van der Waals surface area contributed by atoms with Crippen LogP contribution in [-0.4, -0.2) is 7.11 Å². The standard InChI is InChI=1S/C27H21BrO/c1-29-25-18-14-23(15-19-25)27(21-10-6-3-7-11-21)26(20-8-4-2-5-9-20)22-12-16-24(28)17-13-22/h2-19H,1H3/b27-26+. The van der Waals surface area contributed by atoms with E-state index in [0.717, 1.165) is 15.8 Å². The van der Waals surface area contributed by atoms with Gasteiger partial charge in [0, 0.05) is 4.47 Å². The summed E-state index contributed by atoms with van der Waals surface area (Å²) in [6.45, 7) is 0. The summed E-state index contributed by atoms with van der Waals surface area (Å²) >= 11 is 3.56. The molecule has 2 heteroatoms. The Bertz CT molecular complexity index is 1100. The molecule has 0 amide bonds. The third-order valence-corrected chi connectivity index (χ3v) is 5.42.